The fourth-order valence-electron chi connectivity index (χ4n) is 2.77. The van der Waals surface area contributed by atoms with Gasteiger partial charge < -0.3 is 10.6 Å². The molecule has 0 aliphatic carbocycles. The number of pyridine rings is 1. The van der Waals surface area contributed by atoms with E-state index in [-0.39, 0.29) is 17.3 Å². The summed E-state index contributed by atoms with van der Waals surface area (Å²) in [6.45, 7) is 0. The molecule has 0 bridgehead atoms. The second-order valence-corrected chi connectivity index (χ2v) is 5.70. The van der Waals surface area contributed by atoms with Gasteiger partial charge in [0.2, 0.25) is 11.6 Å². The van der Waals surface area contributed by atoms with Crippen LogP contribution in [0.25, 0.3) is 10.8 Å². The van der Waals surface area contributed by atoms with Gasteiger partial charge in [0.25, 0.3) is 0 Å². The van der Waals surface area contributed by atoms with Crippen LogP contribution in [0.4, 0.5) is 28.7 Å². The van der Waals surface area contributed by atoms with Crippen LogP contribution < -0.4 is 10.6 Å². The molecule has 2 N–H and O–H groups in total. The predicted molar refractivity (Wildman–Crippen MR) is 103 cm³/mol. The molecule has 0 atom stereocenters. The van der Waals surface area contributed by atoms with Gasteiger partial charge in [0, 0.05) is 17.3 Å². The van der Waals surface area contributed by atoms with Crippen LogP contribution in [0.15, 0.2) is 73.3 Å². The van der Waals surface area contributed by atoms with Crippen molar-refractivity contribution in [1.82, 2.24) is 15.0 Å². The molecule has 0 amide bonds. The molecule has 4 rings (SSSR count). The molecule has 27 heavy (non-hydrogen) atoms. The van der Waals surface area contributed by atoms with Crippen LogP contribution in [0.5, 0.6) is 0 Å². The van der Waals surface area contributed by atoms with Crippen molar-refractivity contribution in [3.63, 3.8) is 0 Å². The third kappa shape index (κ3) is 3.36. The van der Waals surface area contributed by atoms with E-state index in [9.17, 15) is 10.1 Å². The Kier molecular flexibility index (Phi) is 4.28. The van der Waals surface area contributed by atoms with E-state index in [4.69, 9.17) is 0 Å². The highest BCUT2D eigenvalue weighted by Gasteiger charge is 2.23. The van der Waals surface area contributed by atoms with Crippen molar-refractivity contribution in [2.24, 2.45) is 0 Å². The standard InChI is InChI=1S/C19H14N6O2/c26-25(27)17-18(23-14-7-4-10-20-11-14)21-12-22-19(17)24-16-9-3-6-13-5-1-2-8-15(13)16/h1-12H,(H2,21,22,23,24). The number of anilines is 4. The molecule has 0 fully saturated rings. The lowest BCUT2D eigenvalue weighted by Crippen LogP contribution is -2.05. The van der Waals surface area contributed by atoms with Crippen molar-refractivity contribution < 1.29 is 4.92 Å². The number of nitro groups is 1. The lowest BCUT2D eigenvalue weighted by molar-refractivity contribution is -0.383. The Morgan fingerprint density at radius 1 is 0.889 bits per heavy atom. The van der Waals surface area contributed by atoms with Crippen LogP contribution >= 0.6 is 0 Å². The van der Waals surface area contributed by atoms with Crippen molar-refractivity contribution >= 4 is 39.5 Å². The minimum absolute atomic E-state index is 0.0886. The molecule has 0 spiro atoms. The Morgan fingerprint density at radius 2 is 1.67 bits per heavy atom. The SMILES string of the molecule is O=[N+]([O-])c1c(Nc2cccnc2)ncnc1Nc1cccc2ccccc12. The van der Waals surface area contributed by atoms with Gasteiger partial charge in [0.1, 0.15) is 6.33 Å². The molecule has 8 heteroatoms. The zero-order valence-electron chi connectivity index (χ0n) is 14.0. The fraction of sp³-hybridized carbons (Fsp3) is 0. The number of aromatic nitrogens is 3. The fourth-order valence-corrected chi connectivity index (χ4v) is 2.77. The van der Waals surface area contributed by atoms with E-state index in [1.54, 1.807) is 24.5 Å². The lowest BCUT2D eigenvalue weighted by atomic mass is 10.1. The zero-order valence-corrected chi connectivity index (χ0v) is 14.0. The number of hydrogen-bond acceptors (Lipinski definition) is 7. The lowest BCUT2D eigenvalue weighted by Gasteiger charge is -2.11. The van der Waals surface area contributed by atoms with E-state index in [0.29, 0.717) is 5.69 Å². The van der Waals surface area contributed by atoms with E-state index in [0.717, 1.165) is 16.5 Å². The second kappa shape index (κ2) is 7.04. The number of hydrogen-bond donors (Lipinski definition) is 2. The number of benzene rings is 2. The first-order chi connectivity index (χ1) is 13.2. The van der Waals surface area contributed by atoms with Crippen molar-refractivity contribution in [2.45, 2.75) is 0 Å². The van der Waals surface area contributed by atoms with Crippen LogP contribution in [0.2, 0.25) is 0 Å². The third-order valence-electron chi connectivity index (χ3n) is 3.97. The molecular weight excluding hydrogens is 344 g/mol. The van der Waals surface area contributed by atoms with Crippen molar-refractivity contribution in [2.75, 3.05) is 10.6 Å². The first-order valence-electron chi connectivity index (χ1n) is 8.13. The normalized spacial score (nSPS) is 10.5. The highest BCUT2D eigenvalue weighted by Crippen LogP contribution is 2.34. The van der Waals surface area contributed by atoms with Gasteiger partial charge in [-0.1, -0.05) is 36.4 Å². The smallest absolute Gasteiger partial charge is 0.334 e. The topological polar surface area (TPSA) is 106 Å². The summed E-state index contributed by atoms with van der Waals surface area (Å²) in [5, 5.41) is 19.7. The maximum Gasteiger partial charge on any atom is 0.353 e. The number of nitrogens with one attached hydrogen (secondary N) is 2. The summed E-state index contributed by atoms with van der Waals surface area (Å²) in [7, 11) is 0. The largest absolute Gasteiger partial charge is 0.353 e. The van der Waals surface area contributed by atoms with Gasteiger partial charge >= 0.3 is 5.69 Å². The van der Waals surface area contributed by atoms with Gasteiger partial charge in [-0.05, 0) is 23.6 Å². The van der Waals surface area contributed by atoms with Gasteiger partial charge in [0.05, 0.1) is 16.8 Å². The van der Waals surface area contributed by atoms with Crippen LogP contribution in [-0.4, -0.2) is 19.9 Å². The summed E-state index contributed by atoms with van der Waals surface area (Å²) in [5.74, 6) is 0.198. The zero-order chi connectivity index (χ0) is 18.6. The minimum Gasteiger partial charge on any atom is -0.334 e. The first-order valence-corrected chi connectivity index (χ1v) is 8.13. The number of nitrogens with zero attached hydrogens (tertiary/aromatic N) is 4. The predicted octanol–water partition coefficient (Wildman–Crippen LogP) is 4.42. The van der Waals surface area contributed by atoms with Crippen molar-refractivity contribution in [3.8, 4) is 0 Å². The van der Waals surface area contributed by atoms with E-state index in [2.05, 4.69) is 25.6 Å². The molecule has 0 aliphatic rings. The molecule has 132 valence electrons. The molecule has 8 nitrogen and oxygen atoms in total. The van der Waals surface area contributed by atoms with Crippen molar-refractivity contribution in [1.29, 1.82) is 0 Å². The summed E-state index contributed by atoms with van der Waals surface area (Å²) in [6.07, 6.45) is 4.45. The van der Waals surface area contributed by atoms with E-state index in [1.807, 2.05) is 42.5 Å². The van der Waals surface area contributed by atoms with Crippen LogP contribution in [0, 0.1) is 10.1 Å². The monoisotopic (exact) mass is 358 g/mol. The molecule has 0 radical (unpaired) electrons. The molecule has 2 aromatic heterocycles. The molecule has 2 aromatic carbocycles. The average molecular weight is 358 g/mol. The van der Waals surface area contributed by atoms with Gasteiger partial charge in [0.15, 0.2) is 0 Å². The summed E-state index contributed by atoms with van der Waals surface area (Å²) in [5.41, 5.74) is 1.08. The van der Waals surface area contributed by atoms with E-state index >= 15 is 0 Å². The molecule has 2 heterocycles. The Labute approximate surface area is 154 Å². The second-order valence-electron chi connectivity index (χ2n) is 5.70. The van der Waals surface area contributed by atoms with Crippen molar-refractivity contribution in [3.05, 3.63) is 83.4 Å². The maximum absolute atomic E-state index is 11.7. The molecule has 0 aliphatic heterocycles. The van der Waals surface area contributed by atoms with Gasteiger partial charge in [-0.3, -0.25) is 15.1 Å². The Hall–Kier alpha value is -4.07. The summed E-state index contributed by atoms with van der Waals surface area (Å²) in [4.78, 5) is 23.3. The van der Waals surface area contributed by atoms with Gasteiger partial charge in [-0.2, -0.15) is 0 Å². The summed E-state index contributed by atoms with van der Waals surface area (Å²) >= 11 is 0. The Bertz CT molecular complexity index is 1110. The molecular formula is C19H14N6O2. The molecule has 0 unspecified atom stereocenters. The third-order valence-corrected chi connectivity index (χ3v) is 3.97. The van der Waals surface area contributed by atoms with Gasteiger partial charge in [-0.25, -0.2) is 9.97 Å². The molecule has 0 saturated carbocycles. The molecule has 0 saturated heterocycles. The van der Waals surface area contributed by atoms with E-state index < -0.39 is 4.92 Å². The highest BCUT2D eigenvalue weighted by atomic mass is 16.6. The Morgan fingerprint density at radius 3 is 2.44 bits per heavy atom. The molecule has 4 aromatic rings. The van der Waals surface area contributed by atoms with Crippen LogP contribution in [-0.2, 0) is 0 Å². The Balaban J connectivity index is 1.76. The average Bonchev–Trinajstić information content (AvgIpc) is 2.69. The van der Waals surface area contributed by atoms with E-state index in [1.165, 1.54) is 6.33 Å². The quantitative estimate of drug-likeness (QED) is 0.402. The van der Waals surface area contributed by atoms with Crippen LogP contribution in [0.1, 0.15) is 0 Å². The summed E-state index contributed by atoms with van der Waals surface area (Å²) < 4.78 is 0. The minimum atomic E-state index is -0.508. The summed E-state index contributed by atoms with van der Waals surface area (Å²) in [6, 6.07) is 17.0. The number of fused-ring (bicyclic) bond motifs is 1. The van der Waals surface area contributed by atoms with Crippen LogP contribution in [0.3, 0.4) is 0 Å². The first kappa shape index (κ1) is 16.4. The maximum atomic E-state index is 11.7. The number of rotatable bonds is 5. The van der Waals surface area contributed by atoms with Gasteiger partial charge in [-0.15, -0.1) is 0 Å². The highest BCUT2D eigenvalue weighted by molar-refractivity contribution is 5.96.